The molecule has 3 rings (SSSR count). The molecular weight excluding hydrogens is 237 g/mol. The van der Waals surface area contributed by atoms with Crippen molar-refractivity contribution in [1.29, 1.82) is 0 Å². The number of halogens is 1. The molecule has 0 bridgehead atoms. The monoisotopic (exact) mass is 251 g/mol. The Kier molecular flexibility index (Phi) is 3.02. The lowest BCUT2D eigenvalue weighted by Gasteiger charge is -2.13. The van der Waals surface area contributed by atoms with Crippen molar-refractivity contribution in [2.75, 3.05) is 0 Å². The second-order valence-electron chi connectivity index (χ2n) is 4.64. The van der Waals surface area contributed by atoms with Crippen LogP contribution >= 0.6 is 0 Å². The second kappa shape index (κ2) is 4.82. The highest BCUT2D eigenvalue weighted by atomic mass is 19.1. The Morgan fingerprint density at radius 3 is 2.26 bits per heavy atom. The van der Waals surface area contributed by atoms with Crippen LogP contribution in [0.15, 0.2) is 66.7 Å². The summed E-state index contributed by atoms with van der Waals surface area (Å²) >= 11 is 0. The third-order valence-electron chi connectivity index (χ3n) is 3.34. The van der Waals surface area contributed by atoms with E-state index in [-0.39, 0.29) is 11.9 Å². The molecule has 3 aromatic rings. The smallest absolute Gasteiger partial charge is 0.123 e. The number of hydrogen-bond acceptors (Lipinski definition) is 1. The molecule has 0 radical (unpaired) electrons. The molecule has 94 valence electrons. The minimum atomic E-state index is -0.305. The van der Waals surface area contributed by atoms with E-state index in [0.29, 0.717) is 0 Å². The quantitative estimate of drug-likeness (QED) is 0.731. The minimum Gasteiger partial charge on any atom is -0.320 e. The molecule has 0 aliphatic rings. The van der Waals surface area contributed by atoms with Crippen LogP contribution in [0, 0.1) is 5.82 Å². The first-order valence-corrected chi connectivity index (χ1v) is 6.24. The van der Waals surface area contributed by atoms with E-state index in [9.17, 15) is 4.39 Å². The third kappa shape index (κ3) is 2.35. The summed E-state index contributed by atoms with van der Waals surface area (Å²) in [5.41, 5.74) is 7.99. The summed E-state index contributed by atoms with van der Waals surface area (Å²) < 4.78 is 13.2. The summed E-state index contributed by atoms with van der Waals surface area (Å²) in [4.78, 5) is 0. The van der Waals surface area contributed by atoms with Gasteiger partial charge in [-0.15, -0.1) is 0 Å². The van der Waals surface area contributed by atoms with E-state index in [0.717, 1.165) is 16.5 Å². The molecule has 1 nitrogen and oxygen atoms in total. The van der Waals surface area contributed by atoms with E-state index in [4.69, 9.17) is 5.73 Å². The van der Waals surface area contributed by atoms with Crippen LogP contribution in [-0.2, 0) is 0 Å². The molecule has 2 N–H and O–H groups in total. The molecule has 0 heterocycles. The maximum absolute atomic E-state index is 13.2. The van der Waals surface area contributed by atoms with Gasteiger partial charge in [0.1, 0.15) is 5.82 Å². The zero-order valence-corrected chi connectivity index (χ0v) is 10.4. The lowest BCUT2D eigenvalue weighted by atomic mass is 9.97. The van der Waals surface area contributed by atoms with E-state index >= 15 is 0 Å². The Balaban J connectivity index is 2.04. The average molecular weight is 251 g/mol. The lowest BCUT2D eigenvalue weighted by Crippen LogP contribution is -2.11. The summed E-state index contributed by atoms with van der Waals surface area (Å²) in [5, 5.41) is 2.32. The van der Waals surface area contributed by atoms with Crippen molar-refractivity contribution in [2.24, 2.45) is 5.73 Å². The molecule has 0 fully saturated rings. The van der Waals surface area contributed by atoms with Gasteiger partial charge in [-0.1, -0.05) is 48.5 Å². The fraction of sp³-hybridized carbons (Fsp3) is 0.0588. The van der Waals surface area contributed by atoms with Gasteiger partial charge in [-0.25, -0.2) is 4.39 Å². The molecule has 2 heteroatoms. The number of nitrogens with two attached hydrogens (primary N) is 1. The van der Waals surface area contributed by atoms with E-state index in [1.807, 2.05) is 30.3 Å². The van der Waals surface area contributed by atoms with Crippen molar-refractivity contribution >= 4 is 10.8 Å². The predicted molar refractivity (Wildman–Crippen MR) is 76.4 cm³/mol. The first-order chi connectivity index (χ1) is 9.24. The van der Waals surface area contributed by atoms with Crippen molar-refractivity contribution in [3.63, 3.8) is 0 Å². The Hall–Kier alpha value is -2.19. The van der Waals surface area contributed by atoms with Crippen LogP contribution in [0.25, 0.3) is 10.8 Å². The SMILES string of the molecule is NC(c1cccc(F)c1)c1ccc2ccccc2c1. The molecule has 0 amide bonds. The number of hydrogen-bond donors (Lipinski definition) is 1. The lowest BCUT2D eigenvalue weighted by molar-refractivity contribution is 0.623. The highest BCUT2D eigenvalue weighted by Crippen LogP contribution is 2.24. The highest BCUT2D eigenvalue weighted by Gasteiger charge is 2.09. The van der Waals surface area contributed by atoms with Crippen molar-refractivity contribution in [1.82, 2.24) is 0 Å². The summed E-state index contributed by atoms with van der Waals surface area (Å²) in [7, 11) is 0. The van der Waals surface area contributed by atoms with Gasteiger partial charge in [0.2, 0.25) is 0 Å². The van der Waals surface area contributed by atoms with Crippen LogP contribution in [0.3, 0.4) is 0 Å². The van der Waals surface area contributed by atoms with Gasteiger partial charge in [0.05, 0.1) is 6.04 Å². The van der Waals surface area contributed by atoms with Crippen LogP contribution in [0.2, 0.25) is 0 Å². The van der Waals surface area contributed by atoms with Crippen molar-refractivity contribution in [3.8, 4) is 0 Å². The largest absolute Gasteiger partial charge is 0.320 e. The van der Waals surface area contributed by atoms with Crippen LogP contribution in [0.5, 0.6) is 0 Å². The molecule has 1 unspecified atom stereocenters. The average Bonchev–Trinajstić information content (AvgIpc) is 2.46. The van der Waals surface area contributed by atoms with Gasteiger partial charge in [-0.2, -0.15) is 0 Å². The van der Waals surface area contributed by atoms with Gasteiger partial charge in [-0.05, 0) is 40.1 Å². The highest BCUT2D eigenvalue weighted by molar-refractivity contribution is 5.83. The van der Waals surface area contributed by atoms with E-state index < -0.39 is 0 Å². The number of benzene rings is 3. The molecule has 0 saturated carbocycles. The molecule has 0 aromatic heterocycles. The molecule has 3 aromatic carbocycles. The maximum atomic E-state index is 13.2. The first-order valence-electron chi connectivity index (χ1n) is 6.24. The van der Waals surface area contributed by atoms with E-state index in [1.54, 1.807) is 6.07 Å². The standard InChI is InChI=1S/C17H14FN/c18-16-7-3-6-14(11-16)17(19)15-9-8-12-4-1-2-5-13(12)10-15/h1-11,17H,19H2. The third-order valence-corrected chi connectivity index (χ3v) is 3.34. The normalized spacial score (nSPS) is 12.5. The zero-order chi connectivity index (χ0) is 13.2. The van der Waals surface area contributed by atoms with Crippen molar-refractivity contribution in [3.05, 3.63) is 83.7 Å². The Morgan fingerprint density at radius 1 is 0.737 bits per heavy atom. The van der Waals surface area contributed by atoms with Gasteiger partial charge in [0.15, 0.2) is 0 Å². The second-order valence-corrected chi connectivity index (χ2v) is 4.64. The molecule has 19 heavy (non-hydrogen) atoms. The maximum Gasteiger partial charge on any atom is 0.123 e. The molecule has 0 aliphatic heterocycles. The molecule has 0 spiro atoms. The van der Waals surface area contributed by atoms with E-state index in [1.165, 1.54) is 17.5 Å². The fourth-order valence-electron chi connectivity index (χ4n) is 2.29. The molecule has 1 atom stereocenters. The zero-order valence-electron chi connectivity index (χ0n) is 10.4. The van der Waals surface area contributed by atoms with Gasteiger partial charge in [-0.3, -0.25) is 0 Å². The Morgan fingerprint density at radius 2 is 1.47 bits per heavy atom. The summed E-state index contributed by atoms with van der Waals surface area (Å²) in [5.74, 6) is -0.256. The molecule has 0 saturated heterocycles. The Bertz CT molecular complexity index is 721. The van der Waals surface area contributed by atoms with Gasteiger partial charge in [0.25, 0.3) is 0 Å². The van der Waals surface area contributed by atoms with Gasteiger partial charge < -0.3 is 5.73 Å². The molecule has 0 aliphatic carbocycles. The summed E-state index contributed by atoms with van der Waals surface area (Å²) in [6.45, 7) is 0. The van der Waals surface area contributed by atoms with Crippen LogP contribution < -0.4 is 5.73 Å². The van der Waals surface area contributed by atoms with Gasteiger partial charge in [0, 0.05) is 0 Å². The van der Waals surface area contributed by atoms with Crippen molar-refractivity contribution in [2.45, 2.75) is 6.04 Å². The van der Waals surface area contributed by atoms with Gasteiger partial charge >= 0.3 is 0 Å². The van der Waals surface area contributed by atoms with Crippen LogP contribution in [0.1, 0.15) is 17.2 Å². The van der Waals surface area contributed by atoms with E-state index in [2.05, 4.69) is 18.2 Å². The topological polar surface area (TPSA) is 26.0 Å². The number of fused-ring (bicyclic) bond motifs is 1. The first kappa shape index (κ1) is 11.9. The number of rotatable bonds is 2. The Labute approximate surface area is 111 Å². The predicted octanol–water partition coefficient (Wildman–Crippen LogP) is 4.03. The molecular formula is C17H14FN. The summed E-state index contributed by atoms with van der Waals surface area (Å²) in [6, 6.07) is 20.4. The fourth-order valence-corrected chi connectivity index (χ4v) is 2.29. The minimum absolute atomic E-state index is 0.256. The van der Waals surface area contributed by atoms with Crippen LogP contribution in [-0.4, -0.2) is 0 Å². The summed E-state index contributed by atoms with van der Waals surface area (Å²) in [6.07, 6.45) is 0. The van der Waals surface area contributed by atoms with Crippen molar-refractivity contribution < 1.29 is 4.39 Å². The van der Waals surface area contributed by atoms with Crippen LogP contribution in [0.4, 0.5) is 4.39 Å².